The Morgan fingerprint density at radius 2 is 2.21 bits per heavy atom. The lowest BCUT2D eigenvalue weighted by Gasteiger charge is -2.19. The number of nitrogens with zero attached hydrogens (tertiary/aromatic N) is 1. The molecule has 1 aliphatic rings. The van der Waals surface area contributed by atoms with Gasteiger partial charge in [-0.25, -0.2) is 0 Å². The number of methoxy groups -OCH3 is 1. The average molecular weight is 256 g/mol. The Balaban J connectivity index is 2.13. The first kappa shape index (κ1) is 9.99. The van der Waals surface area contributed by atoms with Crippen LogP contribution in [0.4, 0.5) is 5.69 Å². The molecular formula is C11H14BrNO. The third-order valence-electron chi connectivity index (χ3n) is 2.67. The van der Waals surface area contributed by atoms with E-state index in [1.165, 1.54) is 5.69 Å². The van der Waals surface area contributed by atoms with Gasteiger partial charge in [-0.2, -0.15) is 0 Å². The first-order valence-electron chi connectivity index (χ1n) is 4.83. The molecule has 1 saturated heterocycles. The molecule has 1 fully saturated rings. The van der Waals surface area contributed by atoms with Crippen LogP contribution in [0, 0.1) is 0 Å². The summed E-state index contributed by atoms with van der Waals surface area (Å²) < 4.78 is 6.51. The molecule has 76 valence electrons. The zero-order chi connectivity index (χ0) is 9.97. The summed E-state index contributed by atoms with van der Waals surface area (Å²) in [4.78, 5) is 2.36. The lowest BCUT2D eigenvalue weighted by atomic mass is 10.3. The van der Waals surface area contributed by atoms with E-state index in [0.717, 1.165) is 24.0 Å². The second kappa shape index (κ2) is 4.32. The fraction of sp³-hybridized carbons (Fsp3) is 0.455. The molecule has 3 heteroatoms. The van der Waals surface area contributed by atoms with Crippen molar-refractivity contribution in [3.63, 3.8) is 0 Å². The third-order valence-corrected chi connectivity index (χ3v) is 3.34. The molecule has 0 aliphatic carbocycles. The number of benzene rings is 1. The van der Waals surface area contributed by atoms with E-state index in [9.17, 15) is 0 Å². The van der Waals surface area contributed by atoms with Crippen molar-refractivity contribution in [1.82, 2.24) is 0 Å². The standard InChI is InChI=1S/C11H14BrNO/c1-14-9-6-7-13(8-9)11-5-3-2-4-10(11)12/h2-5,9H,6-8H2,1H3. The maximum Gasteiger partial charge on any atom is 0.0762 e. The molecule has 1 heterocycles. The molecule has 0 aromatic heterocycles. The van der Waals surface area contributed by atoms with Gasteiger partial charge in [0.15, 0.2) is 0 Å². The quantitative estimate of drug-likeness (QED) is 0.806. The highest BCUT2D eigenvalue weighted by atomic mass is 79.9. The predicted molar refractivity (Wildman–Crippen MR) is 61.8 cm³/mol. The van der Waals surface area contributed by atoms with Crippen molar-refractivity contribution in [3.8, 4) is 0 Å². The van der Waals surface area contributed by atoms with Crippen molar-refractivity contribution in [1.29, 1.82) is 0 Å². The normalized spacial score (nSPS) is 21.6. The van der Waals surface area contributed by atoms with Gasteiger partial charge < -0.3 is 9.64 Å². The number of anilines is 1. The molecule has 0 spiro atoms. The fourth-order valence-electron chi connectivity index (χ4n) is 1.85. The minimum absolute atomic E-state index is 0.391. The van der Waals surface area contributed by atoms with Crippen molar-refractivity contribution in [2.75, 3.05) is 25.1 Å². The Bertz CT molecular complexity index is 316. The molecule has 2 rings (SSSR count). The van der Waals surface area contributed by atoms with Gasteiger partial charge in [0, 0.05) is 24.7 Å². The number of rotatable bonds is 2. The maximum absolute atomic E-state index is 5.35. The molecular weight excluding hydrogens is 242 g/mol. The molecule has 1 aliphatic heterocycles. The second-order valence-corrected chi connectivity index (χ2v) is 4.40. The Labute approximate surface area is 93.0 Å². The summed E-state index contributed by atoms with van der Waals surface area (Å²) in [6.45, 7) is 2.08. The number of halogens is 1. The molecule has 14 heavy (non-hydrogen) atoms. The maximum atomic E-state index is 5.35. The topological polar surface area (TPSA) is 12.5 Å². The van der Waals surface area contributed by atoms with E-state index < -0.39 is 0 Å². The van der Waals surface area contributed by atoms with E-state index in [2.05, 4.69) is 39.0 Å². The largest absolute Gasteiger partial charge is 0.380 e. The molecule has 0 radical (unpaired) electrons. The number of hydrogen-bond acceptors (Lipinski definition) is 2. The van der Waals surface area contributed by atoms with E-state index >= 15 is 0 Å². The Hall–Kier alpha value is -0.540. The Morgan fingerprint density at radius 3 is 2.86 bits per heavy atom. The van der Waals surface area contributed by atoms with Crippen LogP contribution in [0.3, 0.4) is 0 Å². The minimum atomic E-state index is 0.391. The van der Waals surface area contributed by atoms with Gasteiger partial charge in [0.1, 0.15) is 0 Å². The lowest BCUT2D eigenvalue weighted by Crippen LogP contribution is -2.22. The number of para-hydroxylation sites is 1. The van der Waals surface area contributed by atoms with Crippen LogP contribution in [0.5, 0.6) is 0 Å². The minimum Gasteiger partial charge on any atom is -0.380 e. The van der Waals surface area contributed by atoms with E-state index in [4.69, 9.17) is 4.74 Å². The van der Waals surface area contributed by atoms with Gasteiger partial charge in [-0.15, -0.1) is 0 Å². The monoisotopic (exact) mass is 255 g/mol. The summed E-state index contributed by atoms with van der Waals surface area (Å²) >= 11 is 3.57. The summed E-state index contributed by atoms with van der Waals surface area (Å²) in [5.41, 5.74) is 1.27. The predicted octanol–water partition coefficient (Wildman–Crippen LogP) is 2.67. The number of ether oxygens (including phenoxy) is 1. The van der Waals surface area contributed by atoms with Crippen LogP contribution < -0.4 is 4.90 Å². The Kier molecular flexibility index (Phi) is 3.08. The number of hydrogen-bond donors (Lipinski definition) is 0. The SMILES string of the molecule is COC1CCN(c2ccccc2Br)C1. The summed E-state index contributed by atoms with van der Waals surface area (Å²) in [6, 6.07) is 8.33. The molecule has 1 aromatic carbocycles. The van der Waals surface area contributed by atoms with Crippen molar-refractivity contribution < 1.29 is 4.74 Å². The molecule has 1 aromatic rings. The molecule has 2 nitrogen and oxygen atoms in total. The van der Waals surface area contributed by atoms with E-state index in [0.29, 0.717) is 6.10 Å². The summed E-state index contributed by atoms with van der Waals surface area (Å²) in [5, 5.41) is 0. The van der Waals surface area contributed by atoms with Crippen LogP contribution in [-0.2, 0) is 4.74 Å². The molecule has 0 bridgehead atoms. The van der Waals surface area contributed by atoms with Crippen LogP contribution in [0.1, 0.15) is 6.42 Å². The first-order valence-corrected chi connectivity index (χ1v) is 5.63. The van der Waals surface area contributed by atoms with Gasteiger partial charge in [-0.1, -0.05) is 12.1 Å². The van der Waals surface area contributed by atoms with Crippen LogP contribution in [0.2, 0.25) is 0 Å². The molecule has 1 unspecified atom stereocenters. The van der Waals surface area contributed by atoms with E-state index in [1.807, 2.05) is 6.07 Å². The highest BCUT2D eigenvalue weighted by Crippen LogP contribution is 2.28. The molecule has 0 saturated carbocycles. The fourth-order valence-corrected chi connectivity index (χ4v) is 2.38. The Morgan fingerprint density at radius 1 is 1.43 bits per heavy atom. The van der Waals surface area contributed by atoms with Crippen LogP contribution in [0.15, 0.2) is 28.7 Å². The zero-order valence-electron chi connectivity index (χ0n) is 8.24. The van der Waals surface area contributed by atoms with Crippen molar-refractivity contribution in [2.24, 2.45) is 0 Å². The third kappa shape index (κ3) is 1.93. The van der Waals surface area contributed by atoms with Gasteiger partial charge in [-0.05, 0) is 34.5 Å². The van der Waals surface area contributed by atoms with Crippen molar-refractivity contribution in [2.45, 2.75) is 12.5 Å². The smallest absolute Gasteiger partial charge is 0.0762 e. The van der Waals surface area contributed by atoms with Crippen LogP contribution >= 0.6 is 15.9 Å². The summed E-state index contributed by atoms with van der Waals surface area (Å²) in [6.07, 6.45) is 1.51. The van der Waals surface area contributed by atoms with Crippen LogP contribution in [0.25, 0.3) is 0 Å². The molecule has 1 atom stereocenters. The first-order chi connectivity index (χ1) is 6.81. The van der Waals surface area contributed by atoms with Gasteiger partial charge >= 0.3 is 0 Å². The summed E-state index contributed by atoms with van der Waals surface area (Å²) in [7, 11) is 1.79. The lowest BCUT2D eigenvalue weighted by molar-refractivity contribution is 0.121. The second-order valence-electron chi connectivity index (χ2n) is 3.54. The molecule has 0 N–H and O–H groups in total. The zero-order valence-corrected chi connectivity index (χ0v) is 9.83. The highest BCUT2D eigenvalue weighted by molar-refractivity contribution is 9.10. The van der Waals surface area contributed by atoms with Gasteiger partial charge in [0.25, 0.3) is 0 Å². The van der Waals surface area contributed by atoms with Crippen molar-refractivity contribution in [3.05, 3.63) is 28.7 Å². The van der Waals surface area contributed by atoms with E-state index in [-0.39, 0.29) is 0 Å². The highest BCUT2D eigenvalue weighted by Gasteiger charge is 2.22. The average Bonchev–Trinajstić information content (AvgIpc) is 2.67. The summed E-state index contributed by atoms with van der Waals surface area (Å²) in [5.74, 6) is 0. The van der Waals surface area contributed by atoms with Gasteiger partial charge in [0.05, 0.1) is 11.8 Å². The van der Waals surface area contributed by atoms with Crippen molar-refractivity contribution >= 4 is 21.6 Å². The van der Waals surface area contributed by atoms with Gasteiger partial charge in [-0.3, -0.25) is 0 Å². The van der Waals surface area contributed by atoms with Crippen LogP contribution in [-0.4, -0.2) is 26.3 Å². The molecule has 0 amide bonds. The van der Waals surface area contributed by atoms with Gasteiger partial charge in [0.2, 0.25) is 0 Å². The van der Waals surface area contributed by atoms with E-state index in [1.54, 1.807) is 7.11 Å².